The highest BCUT2D eigenvalue weighted by Crippen LogP contribution is 2.38. The van der Waals surface area contributed by atoms with Crippen LogP contribution in [-0.4, -0.2) is 29.5 Å². The summed E-state index contributed by atoms with van der Waals surface area (Å²) in [4.78, 5) is 28.8. The van der Waals surface area contributed by atoms with Gasteiger partial charge in [0.05, 0.1) is 11.4 Å². The molecule has 2 aromatic carbocycles. The monoisotopic (exact) mass is 342 g/mol. The average Bonchev–Trinajstić information content (AvgIpc) is 2.60. The molecule has 130 valence electrons. The Bertz CT molecular complexity index is 820. The molecule has 0 radical (unpaired) electrons. The third kappa shape index (κ3) is 2.84. The highest BCUT2D eigenvalue weighted by molar-refractivity contribution is 6.17. The van der Waals surface area contributed by atoms with Crippen LogP contribution < -0.4 is 9.80 Å². The van der Waals surface area contributed by atoms with Crippen LogP contribution in [-0.2, 0) is 4.79 Å². The fourth-order valence-corrected chi connectivity index (χ4v) is 3.17. The zero-order chi connectivity index (χ0) is 18.1. The number of carbonyl (C=O) groups is 2. The summed E-state index contributed by atoms with van der Waals surface area (Å²) in [6, 6.07) is 9.29. The van der Waals surface area contributed by atoms with Crippen LogP contribution in [0.15, 0.2) is 42.5 Å². The van der Waals surface area contributed by atoms with Crippen LogP contribution in [0.3, 0.4) is 0 Å². The van der Waals surface area contributed by atoms with Crippen molar-refractivity contribution in [2.24, 2.45) is 0 Å². The average molecular weight is 342 g/mol. The summed E-state index contributed by atoms with van der Waals surface area (Å²) in [7, 11) is 0. The van der Waals surface area contributed by atoms with Crippen molar-refractivity contribution in [3.63, 3.8) is 0 Å². The molecule has 0 spiro atoms. The Labute approximate surface area is 145 Å². The van der Waals surface area contributed by atoms with E-state index < -0.39 is 11.9 Å². The zero-order valence-electron chi connectivity index (χ0n) is 14.1. The standard InChI is InChI=1S/C19H19FN2O3/c1-3-15-19(25)21(4-2)17-11-13(20)7-10-16(17)22(15)18(24)12-5-8-14(23)9-6-12/h5-11,15,23H,3-4H2,1-2H3/t15-/m1/s1. The van der Waals surface area contributed by atoms with E-state index in [1.165, 1.54) is 52.3 Å². The number of carbonyl (C=O) groups excluding carboxylic acids is 2. The number of aromatic hydroxyl groups is 1. The molecule has 0 fully saturated rings. The second-order valence-corrected chi connectivity index (χ2v) is 5.86. The van der Waals surface area contributed by atoms with E-state index in [0.717, 1.165) is 0 Å². The first-order chi connectivity index (χ1) is 12.0. The summed E-state index contributed by atoms with van der Waals surface area (Å²) < 4.78 is 13.7. The highest BCUT2D eigenvalue weighted by Gasteiger charge is 2.40. The quantitative estimate of drug-likeness (QED) is 0.931. The van der Waals surface area contributed by atoms with Gasteiger partial charge < -0.3 is 10.0 Å². The van der Waals surface area contributed by atoms with Crippen molar-refractivity contribution in [3.05, 3.63) is 53.8 Å². The fraction of sp³-hybridized carbons (Fsp3) is 0.263. The van der Waals surface area contributed by atoms with Gasteiger partial charge in [0, 0.05) is 12.1 Å². The largest absolute Gasteiger partial charge is 0.508 e. The lowest BCUT2D eigenvalue weighted by Gasteiger charge is -2.41. The van der Waals surface area contributed by atoms with Crippen LogP contribution in [0.4, 0.5) is 15.8 Å². The Kier molecular flexibility index (Phi) is 4.44. The van der Waals surface area contributed by atoms with E-state index in [4.69, 9.17) is 0 Å². The molecule has 25 heavy (non-hydrogen) atoms. The van der Waals surface area contributed by atoms with Crippen molar-refractivity contribution in [1.82, 2.24) is 0 Å². The number of fused-ring (bicyclic) bond motifs is 1. The number of amides is 2. The number of phenols is 1. The Morgan fingerprint density at radius 1 is 1.12 bits per heavy atom. The molecule has 3 rings (SSSR count). The third-order valence-electron chi connectivity index (χ3n) is 4.39. The lowest BCUT2D eigenvalue weighted by Crippen LogP contribution is -2.55. The number of benzene rings is 2. The zero-order valence-corrected chi connectivity index (χ0v) is 14.1. The molecule has 1 heterocycles. The number of hydrogen-bond donors (Lipinski definition) is 1. The molecule has 2 aromatic rings. The maximum Gasteiger partial charge on any atom is 0.259 e. The molecule has 0 aromatic heterocycles. The Morgan fingerprint density at radius 2 is 1.80 bits per heavy atom. The summed E-state index contributed by atoms with van der Waals surface area (Å²) in [6.45, 7) is 4.05. The minimum Gasteiger partial charge on any atom is -0.508 e. The van der Waals surface area contributed by atoms with Crippen LogP contribution in [0.2, 0.25) is 0 Å². The van der Waals surface area contributed by atoms with Crippen LogP contribution >= 0.6 is 0 Å². The van der Waals surface area contributed by atoms with Gasteiger partial charge >= 0.3 is 0 Å². The minimum atomic E-state index is -0.654. The summed E-state index contributed by atoms with van der Waals surface area (Å²) in [6.07, 6.45) is 0.440. The van der Waals surface area contributed by atoms with Crippen LogP contribution in [0.5, 0.6) is 5.75 Å². The summed E-state index contributed by atoms with van der Waals surface area (Å²) in [5, 5.41) is 9.42. The number of hydrogen-bond acceptors (Lipinski definition) is 3. The number of nitrogens with zero attached hydrogens (tertiary/aromatic N) is 2. The summed E-state index contributed by atoms with van der Waals surface area (Å²) in [5.74, 6) is -0.992. The summed E-state index contributed by atoms with van der Waals surface area (Å²) >= 11 is 0. The molecule has 0 aliphatic carbocycles. The van der Waals surface area contributed by atoms with Crippen LogP contribution in [0.25, 0.3) is 0 Å². The fourth-order valence-electron chi connectivity index (χ4n) is 3.17. The number of halogens is 1. The number of likely N-dealkylation sites (N-methyl/N-ethyl adjacent to an activating group) is 1. The van der Waals surface area contributed by atoms with Gasteiger partial charge in [-0.3, -0.25) is 14.5 Å². The van der Waals surface area contributed by atoms with Gasteiger partial charge in [0.2, 0.25) is 5.91 Å². The molecule has 0 unspecified atom stereocenters. The van der Waals surface area contributed by atoms with E-state index in [1.807, 2.05) is 13.8 Å². The van der Waals surface area contributed by atoms with Gasteiger partial charge in [0.15, 0.2) is 0 Å². The van der Waals surface area contributed by atoms with Crippen LogP contribution in [0, 0.1) is 5.82 Å². The molecule has 1 atom stereocenters. The van der Waals surface area contributed by atoms with Gasteiger partial charge in [-0.1, -0.05) is 6.92 Å². The van der Waals surface area contributed by atoms with E-state index in [2.05, 4.69) is 0 Å². The Balaban J connectivity index is 2.14. The molecule has 1 aliphatic rings. The predicted octanol–water partition coefficient (Wildman–Crippen LogP) is 3.32. The summed E-state index contributed by atoms with van der Waals surface area (Å²) in [5.41, 5.74) is 1.25. The van der Waals surface area contributed by atoms with Crippen LogP contribution in [0.1, 0.15) is 30.6 Å². The van der Waals surface area contributed by atoms with E-state index in [-0.39, 0.29) is 17.6 Å². The minimum absolute atomic E-state index is 0.0536. The first-order valence-electron chi connectivity index (χ1n) is 8.21. The van der Waals surface area contributed by atoms with E-state index in [9.17, 15) is 19.1 Å². The molecule has 1 N–H and O–H groups in total. The van der Waals surface area contributed by atoms with Crippen molar-refractivity contribution in [2.75, 3.05) is 16.3 Å². The molecule has 2 amide bonds. The molecule has 0 bridgehead atoms. The normalized spacial score (nSPS) is 16.8. The van der Waals surface area contributed by atoms with Gasteiger partial charge in [-0.2, -0.15) is 0 Å². The molecule has 6 heteroatoms. The lowest BCUT2D eigenvalue weighted by molar-refractivity contribution is -0.120. The van der Waals surface area contributed by atoms with E-state index in [1.54, 1.807) is 0 Å². The van der Waals surface area contributed by atoms with Crippen molar-refractivity contribution in [1.29, 1.82) is 0 Å². The predicted molar refractivity (Wildman–Crippen MR) is 93.4 cm³/mol. The Morgan fingerprint density at radius 3 is 2.40 bits per heavy atom. The van der Waals surface area contributed by atoms with Crippen molar-refractivity contribution < 1.29 is 19.1 Å². The highest BCUT2D eigenvalue weighted by atomic mass is 19.1. The number of phenolic OH excluding ortho intramolecular Hbond substituents is 1. The first kappa shape index (κ1) is 17.0. The third-order valence-corrected chi connectivity index (χ3v) is 4.39. The second-order valence-electron chi connectivity index (χ2n) is 5.86. The van der Waals surface area contributed by atoms with Crippen molar-refractivity contribution in [3.8, 4) is 5.75 Å². The first-order valence-corrected chi connectivity index (χ1v) is 8.21. The topological polar surface area (TPSA) is 60.9 Å². The van der Waals surface area contributed by atoms with Gasteiger partial charge in [-0.15, -0.1) is 0 Å². The molecular weight excluding hydrogens is 323 g/mol. The maximum atomic E-state index is 13.7. The van der Waals surface area contributed by atoms with Gasteiger partial charge in [-0.25, -0.2) is 4.39 Å². The molecule has 1 aliphatic heterocycles. The maximum absolute atomic E-state index is 13.7. The number of anilines is 2. The molecular formula is C19H19FN2O3. The second kappa shape index (κ2) is 6.55. The lowest BCUT2D eigenvalue weighted by atomic mass is 10.0. The van der Waals surface area contributed by atoms with Gasteiger partial charge in [0.25, 0.3) is 5.91 Å². The Hall–Kier alpha value is -2.89. The molecule has 5 nitrogen and oxygen atoms in total. The molecule has 0 saturated carbocycles. The van der Waals surface area contributed by atoms with Crippen molar-refractivity contribution in [2.45, 2.75) is 26.3 Å². The smallest absolute Gasteiger partial charge is 0.259 e. The van der Waals surface area contributed by atoms with Gasteiger partial charge in [0.1, 0.15) is 17.6 Å². The molecule has 0 saturated heterocycles. The van der Waals surface area contributed by atoms with Gasteiger partial charge in [-0.05, 0) is 55.8 Å². The SMILES string of the molecule is CC[C@@H]1C(=O)N(CC)c2cc(F)ccc2N1C(=O)c1ccc(O)cc1. The number of rotatable bonds is 3. The van der Waals surface area contributed by atoms with E-state index >= 15 is 0 Å². The van der Waals surface area contributed by atoms with Crippen molar-refractivity contribution >= 4 is 23.2 Å². The van der Waals surface area contributed by atoms with E-state index in [0.29, 0.717) is 29.9 Å².